The summed E-state index contributed by atoms with van der Waals surface area (Å²) >= 11 is 5.98. The Kier molecular flexibility index (Phi) is 6.95. The first-order chi connectivity index (χ1) is 15.6. The molecule has 33 heavy (non-hydrogen) atoms. The number of rotatable bonds is 7. The summed E-state index contributed by atoms with van der Waals surface area (Å²) in [7, 11) is -3.05. The summed E-state index contributed by atoms with van der Waals surface area (Å²) in [5.41, 5.74) is -0.212. The van der Waals surface area contributed by atoms with E-state index in [1.807, 2.05) is 0 Å². The second-order valence-corrected chi connectivity index (χ2v) is 8.64. The maximum Gasteiger partial charge on any atom is 0.339 e. The number of nitro benzene ring substituents is 1. The Balaban J connectivity index is 1.89. The highest BCUT2D eigenvalue weighted by molar-refractivity contribution is 7.92. The summed E-state index contributed by atoms with van der Waals surface area (Å²) < 4.78 is 32.5. The molecule has 0 saturated heterocycles. The molecule has 0 fully saturated rings. The Bertz CT molecular complexity index is 1360. The van der Waals surface area contributed by atoms with Gasteiger partial charge in [-0.05, 0) is 36.4 Å². The number of hydrogen-bond donors (Lipinski definition) is 2. The summed E-state index contributed by atoms with van der Waals surface area (Å²) in [6.45, 7) is 0. The fraction of sp³-hybridized carbons (Fsp3) is 0.0476. The van der Waals surface area contributed by atoms with Gasteiger partial charge >= 0.3 is 5.97 Å². The number of amides is 1. The third-order valence-electron chi connectivity index (χ3n) is 4.38. The monoisotopic (exact) mass is 489 g/mol. The van der Waals surface area contributed by atoms with Crippen LogP contribution in [0.25, 0.3) is 0 Å². The molecule has 0 atom stereocenters. The second kappa shape index (κ2) is 9.67. The number of hydrogen-bond acceptors (Lipinski definition) is 7. The molecule has 0 radical (unpaired) electrons. The van der Waals surface area contributed by atoms with Gasteiger partial charge in [0.15, 0.2) is 0 Å². The van der Waals surface area contributed by atoms with Crippen molar-refractivity contribution in [2.45, 2.75) is 4.90 Å². The first-order valence-electron chi connectivity index (χ1n) is 9.18. The van der Waals surface area contributed by atoms with Crippen molar-refractivity contribution in [1.29, 1.82) is 0 Å². The maximum absolute atomic E-state index is 12.9. The molecule has 3 aromatic carbocycles. The number of nitrogens with zero attached hydrogens (tertiary/aromatic N) is 1. The van der Waals surface area contributed by atoms with Gasteiger partial charge in [-0.2, -0.15) is 0 Å². The SMILES string of the molecule is COC(=O)c1cc(NC(=O)c2ccccc2NS(=O)(=O)c2cccc([N+](=O)[O-])c2)ccc1Cl. The molecule has 3 rings (SSSR count). The summed E-state index contributed by atoms with van der Waals surface area (Å²) in [6.07, 6.45) is 0. The van der Waals surface area contributed by atoms with E-state index in [-0.39, 0.29) is 32.4 Å². The Morgan fingerprint density at radius 3 is 2.42 bits per heavy atom. The first kappa shape index (κ1) is 23.7. The van der Waals surface area contributed by atoms with Gasteiger partial charge in [-0.15, -0.1) is 0 Å². The van der Waals surface area contributed by atoms with Crippen LogP contribution in [0.4, 0.5) is 17.1 Å². The van der Waals surface area contributed by atoms with Crippen molar-refractivity contribution in [3.63, 3.8) is 0 Å². The summed E-state index contributed by atoms with van der Waals surface area (Å²) in [5, 5.41) is 13.7. The van der Waals surface area contributed by atoms with Crippen molar-refractivity contribution in [1.82, 2.24) is 0 Å². The van der Waals surface area contributed by atoms with E-state index in [0.717, 1.165) is 12.1 Å². The molecule has 2 N–H and O–H groups in total. The lowest BCUT2D eigenvalue weighted by Crippen LogP contribution is -2.19. The molecule has 0 aromatic heterocycles. The fourth-order valence-electron chi connectivity index (χ4n) is 2.81. The third-order valence-corrected chi connectivity index (χ3v) is 6.08. The largest absolute Gasteiger partial charge is 0.465 e. The van der Waals surface area contributed by atoms with E-state index in [0.29, 0.717) is 0 Å². The average molecular weight is 490 g/mol. The quantitative estimate of drug-likeness (QED) is 0.289. The van der Waals surface area contributed by atoms with Crippen LogP contribution in [0, 0.1) is 10.1 Å². The standard InChI is InChI=1S/C21H16ClN3O7S/c1-32-21(27)17-11-13(9-10-18(17)22)23-20(26)16-7-2-3-8-19(16)24-33(30,31)15-6-4-5-14(12-15)25(28)29/h2-12,24H,1H3,(H,23,26). The van der Waals surface area contributed by atoms with Crippen molar-refractivity contribution in [3.8, 4) is 0 Å². The number of non-ortho nitro benzene ring substituents is 1. The summed E-state index contributed by atoms with van der Waals surface area (Å²) in [6, 6.07) is 14.5. The van der Waals surface area contributed by atoms with Crippen molar-refractivity contribution < 1.29 is 27.7 Å². The molecule has 0 aliphatic heterocycles. The molecule has 0 aliphatic carbocycles. The van der Waals surface area contributed by atoms with Crippen LogP contribution < -0.4 is 10.0 Å². The predicted octanol–water partition coefficient (Wildman–Crippen LogP) is 4.09. The number of halogens is 1. The molecule has 12 heteroatoms. The zero-order valence-electron chi connectivity index (χ0n) is 16.9. The molecule has 0 saturated carbocycles. The van der Waals surface area contributed by atoms with Gasteiger partial charge < -0.3 is 10.1 Å². The van der Waals surface area contributed by atoms with Gasteiger partial charge in [-0.1, -0.05) is 29.8 Å². The number of esters is 1. The molecule has 0 bridgehead atoms. The minimum atomic E-state index is -4.24. The van der Waals surface area contributed by atoms with Gasteiger partial charge in [0.1, 0.15) is 0 Å². The number of benzene rings is 3. The Labute approximate surface area is 193 Å². The maximum atomic E-state index is 12.9. The molecule has 1 amide bonds. The van der Waals surface area contributed by atoms with Crippen molar-refractivity contribution in [3.05, 3.63) is 93.0 Å². The Morgan fingerprint density at radius 1 is 1.00 bits per heavy atom. The molecule has 0 aliphatic rings. The summed E-state index contributed by atoms with van der Waals surface area (Å²) in [4.78, 5) is 34.6. The average Bonchev–Trinajstić information content (AvgIpc) is 2.80. The number of methoxy groups -OCH3 is 1. The molecule has 170 valence electrons. The van der Waals surface area contributed by atoms with E-state index in [1.54, 1.807) is 0 Å². The molecule has 10 nitrogen and oxygen atoms in total. The van der Waals surface area contributed by atoms with Crippen LogP contribution in [0.2, 0.25) is 5.02 Å². The molecule has 0 heterocycles. The zero-order valence-corrected chi connectivity index (χ0v) is 18.5. The van der Waals surface area contributed by atoms with Crippen LogP contribution in [0.15, 0.2) is 71.6 Å². The fourth-order valence-corrected chi connectivity index (χ4v) is 4.12. The molecular formula is C21H16ClN3O7S. The lowest BCUT2D eigenvalue weighted by atomic mass is 10.1. The van der Waals surface area contributed by atoms with Crippen molar-refractivity contribution in [2.24, 2.45) is 0 Å². The van der Waals surface area contributed by atoms with E-state index in [1.165, 1.54) is 61.7 Å². The second-order valence-electron chi connectivity index (χ2n) is 6.55. The van der Waals surface area contributed by atoms with Gasteiger partial charge in [0.2, 0.25) is 0 Å². The van der Waals surface area contributed by atoms with Crippen molar-refractivity contribution >= 4 is 50.6 Å². The van der Waals surface area contributed by atoms with Crippen LogP contribution in [0.1, 0.15) is 20.7 Å². The zero-order chi connectivity index (χ0) is 24.2. The highest BCUT2D eigenvalue weighted by Gasteiger charge is 2.21. The van der Waals surface area contributed by atoms with Crippen LogP contribution in [0.3, 0.4) is 0 Å². The molecular weight excluding hydrogens is 474 g/mol. The van der Waals surface area contributed by atoms with E-state index in [9.17, 15) is 28.1 Å². The summed E-state index contributed by atoms with van der Waals surface area (Å²) in [5.74, 6) is -1.37. The minimum absolute atomic E-state index is 0.0268. The smallest absolute Gasteiger partial charge is 0.339 e. The highest BCUT2D eigenvalue weighted by Crippen LogP contribution is 2.25. The number of carbonyl (C=O) groups excluding carboxylic acids is 2. The topological polar surface area (TPSA) is 145 Å². The van der Waals surface area contributed by atoms with Crippen molar-refractivity contribution in [2.75, 3.05) is 17.1 Å². The Hall–Kier alpha value is -3.96. The van der Waals surface area contributed by atoms with Gasteiger partial charge in [0.05, 0.1) is 38.8 Å². The van der Waals surface area contributed by atoms with Gasteiger partial charge in [-0.25, -0.2) is 13.2 Å². The van der Waals surface area contributed by atoms with Crippen LogP contribution in [-0.4, -0.2) is 32.3 Å². The molecule has 3 aromatic rings. The van der Waals surface area contributed by atoms with E-state index >= 15 is 0 Å². The van der Waals surface area contributed by atoms with Gasteiger partial charge in [-0.3, -0.25) is 19.6 Å². The number of nitro groups is 1. The van der Waals surface area contributed by atoms with E-state index in [4.69, 9.17) is 11.6 Å². The molecule has 0 spiro atoms. The number of ether oxygens (including phenoxy) is 1. The normalized spacial score (nSPS) is 10.8. The number of nitrogens with one attached hydrogen (secondary N) is 2. The number of carbonyl (C=O) groups is 2. The van der Waals surface area contributed by atoms with Gasteiger partial charge in [0.25, 0.3) is 21.6 Å². The first-order valence-corrected chi connectivity index (χ1v) is 11.0. The Morgan fingerprint density at radius 2 is 1.73 bits per heavy atom. The number of para-hydroxylation sites is 1. The van der Waals surface area contributed by atoms with Crippen LogP contribution >= 0.6 is 11.6 Å². The van der Waals surface area contributed by atoms with Crippen LogP contribution in [0.5, 0.6) is 0 Å². The highest BCUT2D eigenvalue weighted by atomic mass is 35.5. The van der Waals surface area contributed by atoms with Gasteiger partial charge in [0, 0.05) is 17.8 Å². The molecule has 0 unspecified atom stereocenters. The third kappa shape index (κ3) is 5.45. The number of sulfonamides is 1. The van der Waals surface area contributed by atoms with E-state index < -0.39 is 32.5 Å². The van der Waals surface area contributed by atoms with E-state index in [2.05, 4.69) is 14.8 Å². The lowest BCUT2D eigenvalue weighted by molar-refractivity contribution is -0.385. The predicted molar refractivity (Wildman–Crippen MR) is 121 cm³/mol. The van der Waals surface area contributed by atoms with Crippen LogP contribution in [-0.2, 0) is 14.8 Å². The minimum Gasteiger partial charge on any atom is -0.465 e. The lowest BCUT2D eigenvalue weighted by Gasteiger charge is -2.13. The number of anilines is 2.